The standard InChI is InChI=1S/C26H23ClN2O2/c1-18-8-12-20(13-9-18)23-24(28(2)22-6-4-3-5-7-22)26(31)29(25(23)30)17-16-19-10-14-21(27)15-11-19/h3-15H,16-17H2,1-2H3. The summed E-state index contributed by atoms with van der Waals surface area (Å²) in [6.07, 6.45) is 0.568. The molecule has 2 amide bonds. The van der Waals surface area contributed by atoms with Gasteiger partial charge >= 0.3 is 0 Å². The number of rotatable bonds is 6. The number of hydrogen-bond acceptors (Lipinski definition) is 3. The maximum absolute atomic E-state index is 13.4. The first-order valence-electron chi connectivity index (χ1n) is 10.2. The van der Waals surface area contributed by atoms with Crippen molar-refractivity contribution in [2.75, 3.05) is 18.5 Å². The second-order valence-corrected chi connectivity index (χ2v) is 8.06. The van der Waals surface area contributed by atoms with Crippen molar-refractivity contribution in [1.82, 2.24) is 4.90 Å². The molecule has 1 heterocycles. The van der Waals surface area contributed by atoms with Crippen molar-refractivity contribution >= 4 is 34.7 Å². The van der Waals surface area contributed by atoms with E-state index < -0.39 is 0 Å². The zero-order valence-corrected chi connectivity index (χ0v) is 18.3. The Morgan fingerprint density at radius 1 is 0.839 bits per heavy atom. The van der Waals surface area contributed by atoms with E-state index in [-0.39, 0.29) is 11.8 Å². The summed E-state index contributed by atoms with van der Waals surface area (Å²) in [6, 6.07) is 24.8. The summed E-state index contributed by atoms with van der Waals surface area (Å²) < 4.78 is 0. The summed E-state index contributed by atoms with van der Waals surface area (Å²) in [7, 11) is 1.83. The normalized spacial score (nSPS) is 13.8. The van der Waals surface area contributed by atoms with Crippen LogP contribution in [-0.4, -0.2) is 30.3 Å². The van der Waals surface area contributed by atoms with E-state index in [0.717, 1.165) is 22.4 Å². The predicted molar refractivity (Wildman–Crippen MR) is 125 cm³/mol. The molecular weight excluding hydrogens is 408 g/mol. The highest BCUT2D eigenvalue weighted by Crippen LogP contribution is 2.33. The third kappa shape index (κ3) is 4.25. The number of benzene rings is 3. The smallest absolute Gasteiger partial charge is 0.278 e. The van der Waals surface area contributed by atoms with Gasteiger partial charge < -0.3 is 4.90 Å². The lowest BCUT2D eigenvalue weighted by atomic mass is 10.0. The summed E-state index contributed by atoms with van der Waals surface area (Å²) in [5.41, 5.74) is 4.55. The Morgan fingerprint density at radius 2 is 1.48 bits per heavy atom. The quantitative estimate of drug-likeness (QED) is 0.510. The Bertz CT molecular complexity index is 1140. The van der Waals surface area contributed by atoms with Crippen LogP contribution in [0.1, 0.15) is 16.7 Å². The molecule has 0 spiro atoms. The van der Waals surface area contributed by atoms with E-state index in [4.69, 9.17) is 11.6 Å². The minimum absolute atomic E-state index is 0.263. The Hall–Kier alpha value is -3.37. The Morgan fingerprint density at radius 3 is 2.13 bits per heavy atom. The molecule has 0 N–H and O–H groups in total. The van der Waals surface area contributed by atoms with Crippen molar-refractivity contribution in [2.24, 2.45) is 0 Å². The highest BCUT2D eigenvalue weighted by atomic mass is 35.5. The molecule has 0 aliphatic carbocycles. The largest absolute Gasteiger partial charge is 0.339 e. The van der Waals surface area contributed by atoms with Crippen LogP contribution in [0, 0.1) is 6.92 Å². The lowest BCUT2D eigenvalue weighted by molar-refractivity contribution is -0.136. The zero-order valence-electron chi connectivity index (χ0n) is 17.5. The van der Waals surface area contributed by atoms with Crippen molar-refractivity contribution < 1.29 is 9.59 Å². The van der Waals surface area contributed by atoms with Crippen LogP contribution in [0.3, 0.4) is 0 Å². The van der Waals surface area contributed by atoms with Crippen LogP contribution in [0.5, 0.6) is 0 Å². The molecule has 4 nitrogen and oxygen atoms in total. The maximum Gasteiger partial charge on any atom is 0.278 e. The van der Waals surface area contributed by atoms with Crippen molar-refractivity contribution in [1.29, 1.82) is 0 Å². The topological polar surface area (TPSA) is 40.6 Å². The van der Waals surface area contributed by atoms with Gasteiger partial charge in [0.1, 0.15) is 5.70 Å². The van der Waals surface area contributed by atoms with Crippen LogP contribution in [0.2, 0.25) is 5.02 Å². The number of imide groups is 1. The van der Waals surface area contributed by atoms with Gasteiger partial charge in [0.2, 0.25) is 0 Å². The molecule has 4 rings (SSSR count). The summed E-state index contributed by atoms with van der Waals surface area (Å²) in [5.74, 6) is -0.540. The van der Waals surface area contributed by atoms with Crippen molar-refractivity contribution in [3.63, 3.8) is 0 Å². The van der Waals surface area contributed by atoms with E-state index >= 15 is 0 Å². The second kappa shape index (κ2) is 8.78. The third-order valence-electron chi connectivity index (χ3n) is 5.50. The van der Waals surface area contributed by atoms with Gasteiger partial charge in [-0.3, -0.25) is 14.5 Å². The number of hydrogen-bond donors (Lipinski definition) is 0. The van der Waals surface area contributed by atoms with Gasteiger partial charge in [-0.05, 0) is 48.7 Å². The lowest BCUT2D eigenvalue weighted by Crippen LogP contribution is -2.35. The molecular formula is C26H23ClN2O2. The first kappa shape index (κ1) is 20.9. The number of carbonyl (C=O) groups excluding carboxylic acids is 2. The number of likely N-dealkylation sites (N-methyl/N-ethyl adjacent to an activating group) is 1. The highest BCUT2D eigenvalue weighted by molar-refractivity contribution is 6.36. The van der Waals surface area contributed by atoms with E-state index in [1.165, 1.54) is 4.90 Å². The number of halogens is 1. The molecule has 0 fully saturated rings. The minimum Gasteiger partial charge on any atom is -0.339 e. The van der Waals surface area contributed by atoms with E-state index in [1.807, 2.05) is 92.8 Å². The van der Waals surface area contributed by atoms with E-state index in [1.54, 1.807) is 4.90 Å². The monoisotopic (exact) mass is 430 g/mol. The summed E-state index contributed by atoms with van der Waals surface area (Å²) >= 11 is 5.96. The van der Waals surface area contributed by atoms with Crippen LogP contribution in [0.25, 0.3) is 5.57 Å². The Kier molecular flexibility index (Phi) is 5.92. The molecule has 0 aromatic heterocycles. The Labute approximate surface area is 187 Å². The highest BCUT2D eigenvalue weighted by Gasteiger charge is 2.40. The summed E-state index contributed by atoms with van der Waals surface area (Å²) in [4.78, 5) is 30.0. The molecule has 0 bridgehead atoms. The van der Waals surface area contributed by atoms with E-state index in [2.05, 4.69) is 0 Å². The van der Waals surface area contributed by atoms with Gasteiger partial charge in [-0.1, -0.05) is 71.8 Å². The lowest BCUT2D eigenvalue weighted by Gasteiger charge is -2.21. The maximum atomic E-state index is 13.4. The van der Waals surface area contributed by atoms with Gasteiger partial charge in [0.25, 0.3) is 11.8 Å². The van der Waals surface area contributed by atoms with E-state index in [0.29, 0.717) is 29.3 Å². The van der Waals surface area contributed by atoms with Gasteiger partial charge in [0.15, 0.2) is 0 Å². The SMILES string of the molecule is Cc1ccc(C2=C(N(C)c3ccccc3)C(=O)N(CCc3ccc(Cl)cc3)C2=O)cc1. The van der Waals surface area contributed by atoms with Gasteiger partial charge in [-0.15, -0.1) is 0 Å². The molecule has 0 saturated carbocycles. The van der Waals surface area contributed by atoms with Gasteiger partial charge in [0.05, 0.1) is 5.57 Å². The second-order valence-electron chi connectivity index (χ2n) is 7.62. The summed E-state index contributed by atoms with van der Waals surface area (Å²) in [6.45, 7) is 2.30. The van der Waals surface area contributed by atoms with Gasteiger partial charge in [-0.25, -0.2) is 0 Å². The molecule has 5 heteroatoms. The van der Waals surface area contributed by atoms with Crippen LogP contribution < -0.4 is 4.90 Å². The van der Waals surface area contributed by atoms with Gasteiger partial charge in [0, 0.05) is 24.3 Å². The molecule has 156 valence electrons. The molecule has 0 atom stereocenters. The van der Waals surface area contributed by atoms with Crippen LogP contribution in [0.15, 0.2) is 84.6 Å². The number of carbonyl (C=O) groups is 2. The van der Waals surface area contributed by atoms with Crippen molar-refractivity contribution in [3.8, 4) is 0 Å². The fraction of sp³-hybridized carbons (Fsp3) is 0.154. The first-order valence-corrected chi connectivity index (χ1v) is 10.5. The fourth-order valence-corrected chi connectivity index (χ4v) is 3.86. The van der Waals surface area contributed by atoms with Crippen LogP contribution >= 0.6 is 11.6 Å². The van der Waals surface area contributed by atoms with E-state index in [9.17, 15) is 9.59 Å². The first-order chi connectivity index (χ1) is 15.0. The number of nitrogens with zero attached hydrogens (tertiary/aromatic N) is 2. The number of para-hydroxylation sites is 1. The van der Waals surface area contributed by atoms with Crippen molar-refractivity contribution in [2.45, 2.75) is 13.3 Å². The molecule has 31 heavy (non-hydrogen) atoms. The average molecular weight is 431 g/mol. The van der Waals surface area contributed by atoms with Crippen molar-refractivity contribution in [3.05, 3.63) is 106 Å². The zero-order chi connectivity index (χ0) is 22.0. The Balaban J connectivity index is 1.69. The van der Waals surface area contributed by atoms with Crippen LogP contribution in [-0.2, 0) is 16.0 Å². The summed E-state index contributed by atoms with van der Waals surface area (Å²) in [5, 5.41) is 0.659. The molecule has 0 radical (unpaired) electrons. The molecule has 1 aliphatic heterocycles. The third-order valence-corrected chi connectivity index (χ3v) is 5.75. The number of amides is 2. The number of aryl methyl sites for hydroxylation is 1. The molecule has 0 unspecified atom stereocenters. The average Bonchev–Trinajstić information content (AvgIpc) is 3.03. The molecule has 0 saturated heterocycles. The molecule has 3 aromatic carbocycles. The minimum atomic E-state index is -0.277. The fourth-order valence-electron chi connectivity index (χ4n) is 3.73. The predicted octanol–water partition coefficient (Wildman–Crippen LogP) is 5.11. The molecule has 1 aliphatic rings. The van der Waals surface area contributed by atoms with Crippen LogP contribution in [0.4, 0.5) is 5.69 Å². The van der Waals surface area contributed by atoms with Gasteiger partial charge in [-0.2, -0.15) is 0 Å². The number of anilines is 1. The molecule has 3 aromatic rings.